The van der Waals surface area contributed by atoms with Crippen LogP contribution in [-0.4, -0.2) is 24.9 Å². The van der Waals surface area contributed by atoms with Crippen LogP contribution in [0.25, 0.3) is 0 Å². The molecule has 1 N–H and O–H groups in total. The molecule has 4 rings (SSSR count). The van der Waals surface area contributed by atoms with Crippen LogP contribution in [-0.2, 0) is 24.8 Å². The second-order valence-electron chi connectivity index (χ2n) is 8.08. The number of benzene rings is 2. The summed E-state index contributed by atoms with van der Waals surface area (Å²) in [5.74, 6) is 1.35. The van der Waals surface area contributed by atoms with Crippen LogP contribution >= 0.6 is 11.6 Å². The highest BCUT2D eigenvalue weighted by Gasteiger charge is 2.12. The third-order valence-electron chi connectivity index (χ3n) is 5.42. The van der Waals surface area contributed by atoms with Crippen LogP contribution in [0, 0.1) is 0 Å². The second kappa shape index (κ2) is 11.0. The molecule has 2 aromatic heterocycles. The second-order valence-corrected chi connectivity index (χ2v) is 8.51. The molecule has 0 aliphatic rings. The van der Waals surface area contributed by atoms with Crippen molar-refractivity contribution in [1.29, 1.82) is 0 Å². The summed E-state index contributed by atoms with van der Waals surface area (Å²) in [6.45, 7) is 2.02. The van der Waals surface area contributed by atoms with Crippen molar-refractivity contribution in [1.82, 2.24) is 19.1 Å². The summed E-state index contributed by atoms with van der Waals surface area (Å²) in [5.41, 5.74) is 0.919. The lowest BCUT2D eigenvalue weighted by molar-refractivity contribution is -0.118. The number of pyridine rings is 1. The van der Waals surface area contributed by atoms with Crippen molar-refractivity contribution in [2.45, 2.75) is 26.3 Å². The van der Waals surface area contributed by atoms with Crippen molar-refractivity contribution in [3.8, 4) is 11.5 Å². The summed E-state index contributed by atoms with van der Waals surface area (Å²) in [6.07, 6.45) is 2.32. The fourth-order valence-electron chi connectivity index (χ4n) is 3.40. The molecule has 184 valence electrons. The molecule has 0 bridgehead atoms. The number of ketones is 1. The molecule has 0 saturated carbocycles. The maximum Gasteiger partial charge on any atom is 0.354 e. The average Bonchev–Trinajstić information content (AvgIpc) is 2.87. The number of carbonyl (C=O) groups is 1. The molecule has 0 fully saturated rings. The zero-order valence-electron chi connectivity index (χ0n) is 19.8. The highest BCUT2D eigenvalue weighted by Crippen LogP contribution is 2.24. The van der Waals surface area contributed by atoms with Gasteiger partial charge in [-0.05, 0) is 48.0 Å². The van der Waals surface area contributed by atoms with Gasteiger partial charge in [0.2, 0.25) is 5.95 Å². The number of nitrogens with one attached hydrogen (secondary N) is 1. The molecule has 0 aliphatic heterocycles. The summed E-state index contributed by atoms with van der Waals surface area (Å²) in [5, 5.41) is 3.64. The standard InChI is InChI=1S/C26H24ClN5O4/c1-3-21(33)14-20-15-23(12-13-28-20)36-22-10-8-19(9-11-22)29-24-30-25(34)31(2)26(35)32(24)16-17-4-6-18(27)7-5-17/h4-13,15H,3,14,16H2,1-2H3,(H,29,30,34). The molecular formula is C26H24ClN5O4. The largest absolute Gasteiger partial charge is 0.457 e. The van der Waals surface area contributed by atoms with Crippen LogP contribution in [0.3, 0.4) is 0 Å². The van der Waals surface area contributed by atoms with E-state index in [9.17, 15) is 14.4 Å². The molecule has 0 spiro atoms. The van der Waals surface area contributed by atoms with E-state index in [0.29, 0.717) is 34.3 Å². The van der Waals surface area contributed by atoms with Crippen LogP contribution < -0.4 is 21.4 Å². The van der Waals surface area contributed by atoms with Gasteiger partial charge >= 0.3 is 11.4 Å². The summed E-state index contributed by atoms with van der Waals surface area (Å²) < 4.78 is 8.23. The first-order chi connectivity index (χ1) is 17.3. The van der Waals surface area contributed by atoms with Gasteiger partial charge in [-0.25, -0.2) is 14.2 Å². The molecule has 36 heavy (non-hydrogen) atoms. The van der Waals surface area contributed by atoms with Crippen LogP contribution in [0.5, 0.6) is 11.5 Å². The summed E-state index contributed by atoms with van der Waals surface area (Å²) >= 11 is 5.96. The summed E-state index contributed by atoms with van der Waals surface area (Å²) in [7, 11) is 1.38. The van der Waals surface area contributed by atoms with Gasteiger partial charge in [0, 0.05) is 42.9 Å². The number of carbonyl (C=O) groups excluding carboxylic acids is 1. The SMILES string of the molecule is CCC(=O)Cc1cc(Oc2ccc(Nc3nc(=O)n(C)c(=O)n3Cc3ccc(Cl)cc3)cc2)ccn1. The smallest absolute Gasteiger partial charge is 0.354 e. The minimum Gasteiger partial charge on any atom is -0.457 e. The number of hydrogen-bond acceptors (Lipinski definition) is 7. The Labute approximate surface area is 212 Å². The number of rotatable bonds is 9. The molecule has 4 aromatic rings. The van der Waals surface area contributed by atoms with Crippen molar-refractivity contribution < 1.29 is 9.53 Å². The molecule has 0 unspecified atom stereocenters. The van der Waals surface area contributed by atoms with Gasteiger partial charge in [0.05, 0.1) is 12.2 Å². The Morgan fingerprint density at radius 2 is 1.75 bits per heavy atom. The lowest BCUT2D eigenvalue weighted by Gasteiger charge is -2.15. The predicted molar refractivity (Wildman–Crippen MR) is 137 cm³/mol. The molecule has 2 aromatic carbocycles. The Balaban J connectivity index is 1.53. The third kappa shape index (κ3) is 6.05. The quantitative estimate of drug-likeness (QED) is 0.365. The van der Waals surface area contributed by atoms with E-state index in [4.69, 9.17) is 16.3 Å². The molecule has 9 nitrogen and oxygen atoms in total. The number of ether oxygens (including phenoxy) is 1. The average molecular weight is 506 g/mol. The Morgan fingerprint density at radius 1 is 1.03 bits per heavy atom. The van der Waals surface area contributed by atoms with Gasteiger partial charge in [0.1, 0.15) is 17.3 Å². The van der Waals surface area contributed by atoms with E-state index < -0.39 is 11.4 Å². The van der Waals surface area contributed by atoms with E-state index in [2.05, 4.69) is 15.3 Å². The van der Waals surface area contributed by atoms with E-state index in [0.717, 1.165) is 10.1 Å². The highest BCUT2D eigenvalue weighted by molar-refractivity contribution is 6.30. The Hall–Kier alpha value is -4.24. The van der Waals surface area contributed by atoms with Crippen LogP contribution in [0.2, 0.25) is 5.02 Å². The lowest BCUT2D eigenvalue weighted by Crippen LogP contribution is -2.41. The topological polar surface area (TPSA) is 108 Å². The first kappa shape index (κ1) is 24.9. The van der Waals surface area contributed by atoms with Gasteiger partial charge in [-0.15, -0.1) is 0 Å². The molecule has 0 saturated heterocycles. The van der Waals surface area contributed by atoms with E-state index in [-0.39, 0.29) is 24.7 Å². The van der Waals surface area contributed by atoms with Crippen LogP contribution in [0.1, 0.15) is 24.6 Å². The van der Waals surface area contributed by atoms with Gasteiger partial charge in [-0.3, -0.25) is 14.3 Å². The third-order valence-corrected chi connectivity index (χ3v) is 5.67. The van der Waals surface area contributed by atoms with Crippen molar-refractivity contribution in [3.63, 3.8) is 0 Å². The van der Waals surface area contributed by atoms with Crippen molar-refractivity contribution >= 4 is 29.0 Å². The molecule has 2 heterocycles. The molecule has 0 atom stereocenters. The predicted octanol–water partition coefficient (Wildman–Crippen LogP) is 4.10. The first-order valence-electron chi connectivity index (χ1n) is 11.3. The van der Waals surface area contributed by atoms with E-state index >= 15 is 0 Å². The van der Waals surface area contributed by atoms with Crippen LogP contribution in [0.4, 0.5) is 11.6 Å². The Bertz CT molecular complexity index is 1500. The van der Waals surface area contributed by atoms with Gasteiger partial charge in [0.25, 0.3) is 0 Å². The maximum atomic E-state index is 12.8. The van der Waals surface area contributed by atoms with Gasteiger partial charge in [0.15, 0.2) is 0 Å². The molecule has 0 radical (unpaired) electrons. The van der Waals surface area contributed by atoms with Crippen molar-refractivity contribution in [2.75, 3.05) is 5.32 Å². The molecule has 0 aliphatic carbocycles. The fraction of sp³-hybridized carbons (Fsp3) is 0.192. The van der Waals surface area contributed by atoms with Crippen molar-refractivity contribution in [2.24, 2.45) is 7.05 Å². The summed E-state index contributed by atoms with van der Waals surface area (Å²) in [6, 6.07) is 17.5. The van der Waals surface area contributed by atoms with Crippen LogP contribution in [0.15, 0.2) is 76.4 Å². The monoisotopic (exact) mass is 505 g/mol. The Kier molecular flexibility index (Phi) is 7.60. The number of nitrogens with zero attached hydrogens (tertiary/aromatic N) is 4. The fourth-order valence-corrected chi connectivity index (χ4v) is 3.53. The zero-order chi connectivity index (χ0) is 25.7. The minimum absolute atomic E-state index is 0.106. The van der Waals surface area contributed by atoms with Gasteiger partial charge in [-0.2, -0.15) is 4.98 Å². The van der Waals surface area contributed by atoms with Gasteiger partial charge < -0.3 is 10.1 Å². The maximum absolute atomic E-state index is 12.8. The highest BCUT2D eigenvalue weighted by atomic mass is 35.5. The molecular weight excluding hydrogens is 482 g/mol. The number of halogens is 1. The Morgan fingerprint density at radius 3 is 2.44 bits per heavy atom. The normalized spacial score (nSPS) is 10.8. The minimum atomic E-state index is -0.662. The lowest BCUT2D eigenvalue weighted by atomic mass is 10.1. The first-order valence-corrected chi connectivity index (χ1v) is 11.6. The zero-order valence-corrected chi connectivity index (χ0v) is 20.5. The molecule has 10 heteroatoms. The molecule has 0 amide bonds. The number of anilines is 2. The number of aromatic nitrogens is 4. The van der Waals surface area contributed by atoms with E-state index in [1.165, 1.54) is 11.6 Å². The summed E-state index contributed by atoms with van der Waals surface area (Å²) in [4.78, 5) is 45.0. The van der Waals surface area contributed by atoms with Gasteiger partial charge in [-0.1, -0.05) is 30.7 Å². The number of hydrogen-bond donors (Lipinski definition) is 1. The van der Waals surface area contributed by atoms with Crippen molar-refractivity contribution in [3.05, 3.63) is 104 Å². The number of Topliss-reactive ketones (excluding diaryl/α,β-unsaturated/α-hetero) is 1. The van der Waals surface area contributed by atoms with E-state index in [1.54, 1.807) is 66.9 Å². The van der Waals surface area contributed by atoms with E-state index in [1.807, 2.05) is 6.92 Å².